The zero-order chi connectivity index (χ0) is 13.8. The minimum atomic E-state index is 0.117. The molecule has 0 unspecified atom stereocenters. The summed E-state index contributed by atoms with van der Waals surface area (Å²) in [6, 6.07) is 5.44. The van der Waals surface area contributed by atoms with Gasteiger partial charge in [-0.15, -0.1) is 11.8 Å². The molecule has 2 rings (SSSR count). The summed E-state index contributed by atoms with van der Waals surface area (Å²) in [7, 11) is 1.84. The zero-order valence-electron chi connectivity index (χ0n) is 10.9. The fourth-order valence-electron chi connectivity index (χ4n) is 1.96. The molecule has 1 aromatic rings. The Morgan fingerprint density at radius 2 is 2.32 bits per heavy atom. The van der Waals surface area contributed by atoms with Crippen LogP contribution in [0, 0.1) is 0 Å². The summed E-state index contributed by atoms with van der Waals surface area (Å²) in [5.74, 6) is 0.528. The molecule has 0 bridgehead atoms. The van der Waals surface area contributed by atoms with Crippen molar-refractivity contribution in [1.29, 1.82) is 0 Å². The summed E-state index contributed by atoms with van der Waals surface area (Å²) in [5, 5.41) is 0.532. The van der Waals surface area contributed by atoms with E-state index in [2.05, 4.69) is 6.08 Å². The normalized spacial score (nSPS) is 14.3. The third-order valence-electron chi connectivity index (χ3n) is 3.16. The summed E-state index contributed by atoms with van der Waals surface area (Å²) in [5.41, 5.74) is 7.35. The number of nitrogen functional groups attached to an aromatic ring is 1. The highest BCUT2D eigenvalue weighted by Gasteiger charge is 2.16. The monoisotopic (exact) mass is 296 g/mol. The highest BCUT2D eigenvalue weighted by Crippen LogP contribution is 2.27. The summed E-state index contributed by atoms with van der Waals surface area (Å²) < 4.78 is 0. The van der Waals surface area contributed by atoms with Gasteiger partial charge < -0.3 is 10.6 Å². The molecule has 2 N–H and O–H groups in total. The van der Waals surface area contributed by atoms with E-state index in [0.717, 1.165) is 29.9 Å². The lowest BCUT2D eigenvalue weighted by Gasteiger charge is -2.18. The van der Waals surface area contributed by atoms with Crippen molar-refractivity contribution in [2.75, 3.05) is 18.5 Å². The summed E-state index contributed by atoms with van der Waals surface area (Å²) >= 11 is 7.43. The first kappa shape index (κ1) is 14.3. The van der Waals surface area contributed by atoms with E-state index in [9.17, 15) is 4.79 Å². The van der Waals surface area contributed by atoms with Crippen LogP contribution in [-0.2, 0) is 4.79 Å². The first-order valence-corrected chi connectivity index (χ1v) is 7.57. The van der Waals surface area contributed by atoms with Crippen LogP contribution in [-0.4, -0.2) is 23.6 Å². The number of benzene rings is 1. The summed E-state index contributed by atoms with van der Waals surface area (Å²) in [4.78, 5) is 14.8. The molecular formula is C14H17ClN2OS. The van der Waals surface area contributed by atoms with Crippen LogP contribution in [0.5, 0.6) is 0 Å². The van der Waals surface area contributed by atoms with Gasteiger partial charge in [0.1, 0.15) is 0 Å². The Morgan fingerprint density at radius 3 is 2.95 bits per heavy atom. The number of anilines is 1. The number of allylic oxidation sites excluding steroid dienone is 2. The average molecular weight is 297 g/mol. The maximum atomic E-state index is 12.1. The zero-order valence-corrected chi connectivity index (χ0v) is 12.4. The van der Waals surface area contributed by atoms with Crippen LogP contribution in [0.3, 0.4) is 0 Å². The molecule has 1 aliphatic rings. The van der Waals surface area contributed by atoms with Crippen molar-refractivity contribution < 1.29 is 4.79 Å². The van der Waals surface area contributed by atoms with Gasteiger partial charge in [0.2, 0.25) is 5.91 Å². The number of hydrogen-bond acceptors (Lipinski definition) is 3. The van der Waals surface area contributed by atoms with E-state index in [4.69, 9.17) is 17.3 Å². The molecular weight excluding hydrogens is 280 g/mol. The molecule has 3 nitrogen and oxygen atoms in total. The van der Waals surface area contributed by atoms with E-state index in [1.54, 1.807) is 17.0 Å². The number of nitrogens with zero attached hydrogens (tertiary/aromatic N) is 1. The Bertz CT molecular complexity index is 516. The van der Waals surface area contributed by atoms with Crippen molar-refractivity contribution in [3.8, 4) is 0 Å². The molecule has 0 atom stereocenters. The second-order valence-corrected chi connectivity index (χ2v) is 5.97. The van der Waals surface area contributed by atoms with Crippen LogP contribution in [0.2, 0.25) is 5.02 Å². The number of carbonyl (C=O) groups excluding carboxylic acids is 1. The lowest BCUT2D eigenvalue weighted by Crippen LogP contribution is -2.26. The van der Waals surface area contributed by atoms with E-state index < -0.39 is 0 Å². The van der Waals surface area contributed by atoms with Gasteiger partial charge >= 0.3 is 0 Å². The molecule has 0 saturated carbocycles. The summed E-state index contributed by atoms with van der Waals surface area (Å²) in [6.07, 6.45) is 5.37. The van der Waals surface area contributed by atoms with E-state index >= 15 is 0 Å². The van der Waals surface area contributed by atoms with Gasteiger partial charge in [0.25, 0.3) is 0 Å². The molecule has 0 fully saturated rings. The van der Waals surface area contributed by atoms with Crippen molar-refractivity contribution in [3.63, 3.8) is 0 Å². The van der Waals surface area contributed by atoms with E-state index in [1.807, 2.05) is 13.1 Å². The lowest BCUT2D eigenvalue weighted by atomic mass is 10.3. The van der Waals surface area contributed by atoms with E-state index in [0.29, 0.717) is 16.5 Å². The van der Waals surface area contributed by atoms with Crippen LogP contribution in [0.1, 0.15) is 19.3 Å². The predicted molar refractivity (Wildman–Crippen MR) is 81.3 cm³/mol. The minimum absolute atomic E-state index is 0.117. The van der Waals surface area contributed by atoms with Crippen molar-refractivity contribution in [2.45, 2.75) is 24.2 Å². The molecule has 0 heterocycles. The molecule has 1 aliphatic carbocycles. The van der Waals surface area contributed by atoms with Gasteiger partial charge in [-0.3, -0.25) is 4.79 Å². The quantitative estimate of drug-likeness (QED) is 0.683. The van der Waals surface area contributed by atoms with Gasteiger partial charge in [0.15, 0.2) is 0 Å². The predicted octanol–water partition coefficient (Wildman–Crippen LogP) is 3.54. The molecule has 0 spiro atoms. The number of hydrogen-bond donors (Lipinski definition) is 1. The van der Waals surface area contributed by atoms with Crippen LogP contribution < -0.4 is 5.73 Å². The van der Waals surface area contributed by atoms with Gasteiger partial charge in [0, 0.05) is 17.6 Å². The molecule has 0 radical (unpaired) electrons. The number of thioether (sulfide) groups is 1. The number of nitrogens with two attached hydrogens (primary N) is 1. The van der Waals surface area contributed by atoms with E-state index in [-0.39, 0.29) is 5.91 Å². The molecule has 0 saturated heterocycles. The fourth-order valence-corrected chi connectivity index (χ4v) is 3.05. The number of halogens is 1. The Labute approximate surface area is 122 Å². The van der Waals surface area contributed by atoms with Crippen LogP contribution in [0.4, 0.5) is 5.69 Å². The molecule has 5 heteroatoms. The van der Waals surface area contributed by atoms with E-state index in [1.165, 1.54) is 11.8 Å². The van der Waals surface area contributed by atoms with Gasteiger partial charge in [-0.05, 0) is 37.5 Å². The second kappa shape index (κ2) is 6.35. The molecule has 102 valence electrons. The van der Waals surface area contributed by atoms with Gasteiger partial charge in [-0.2, -0.15) is 0 Å². The molecule has 1 amide bonds. The number of carbonyl (C=O) groups is 1. The van der Waals surface area contributed by atoms with Gasteiger partial charge in [-0.1, -0.05) is 17.7 Å². The third-order valence-corrected chi connectivity index (χ3v) is 4.46. The highest BCUT2D eigenvalue weighted by molar-refractivity contribution is 8.00. The fraction of sp³-hybridized carbons (Fsp3) is 0.357. The van der Waals surface area contributed by atoms with Crippen molar-refractivity contribution in [1.82, 2.24) is 4.90 Å². The second-order valence-electron chi connectivity index (χ2n) is 4.51. The Hall–Kier alpha value is -1.13. The SMILES string of the molecule is CN(C(=O)CSc1ccc(N)c(Cl)c1)C1=CCCC1. The Balaban J connectivity index is 1.90. The first-order chi connectivity index (χ1) is 9.08. The van der Waals surface area contributed by atoms with Crippen molar-refractivity contribution in [2.24, 2.45) is 0 Å². The molecule has 0 aromatic heterocycles. The van der Waals surface area contributed by atoms with Gasteiger partial charge in [-0.25, -0.2) is 0 Å². The maximum Gasteiger partial charge on any atom is 0.236 e. The molecule has 1 aromatic carbocycles. The maximum absolute atomic E-state index is 12.1. The summed E-state index contributed by atoms with van der Waals surface area (Å²) in [6.45, 7) is 0. The van der Waals surface area contributed by atoms with Crippen LogP contribution >= 0.6 is 23.4 Å². The Morgan fingerprint density at radius 1 is 1.53 bits per heavy atom. The minimum Gasteiger partial charge on any atom is -0.398 e. The smallest absolute Gasteiger partial charge is 0.236 e. The Kier molecular flexibility index (Phi) is 4.77. The molecule has 19 heavy (non-hydrogen) atoms. The van der Waals surface area contributed by atoms with Crippen molar-refractivity contribution in [3.05, 3.63) is 35.0 Å². The van der Waals surface area contributed by atoms with Crippen LogP contribution in [0.15, 0.2) is 34.9 Å². The topological polar surface area (TPSA) is 46.3 Å². The highest BCUT2D eigenvalue weighted by atomic mass is 35.5. The third kappa shape index (κ3) is 3.67. The largest absolute Gasteiger partial charge is 0.398 e. The lowest BCUT2D eigenvalue weighted by molar-refractivity contribution is -0.125. The van der Waals surface area contributed by atoms with Crippen molar-refractivity contribution >= 4 is 35.0 Å². The number of rotatable bonds is 4. The van der Waals surface area contributed by atoms with Gasteiger partial charge in [0.05, 0.1) is 16.5 Å². The average Bonchev–Trinajstić information content (AvgIpc) is 2.93. The molecule has 0 aliphatic heterocycles. The standard InChI is InChI=1S/C14H17ClN2OS/c1-17(10-4-2-3-5-10)14(18)9-19-11-6-7-13(16)12(15)8-11/h4,6-8H,2-3,5,9,16H2,1H3. The number of amides is 1. The first-order valence-electron chi connectivity index (χ1n) is 6.21. The van der Waals surface area contributed by atoms with Crippen LogP contribution in [0.25, 0.3) is 0 Å².